The first-order valence-electron chi connectivity index (χ1n) is 6.31. The van der Waals surface area contributed by atoms with Crippen molar-refractivity contribution in [1.29, 1.82) is 0 Å². The van der Waals surface area contributed by atoms with Crippen molar-refractivity contribution in [3.8, 4) is 5.69 Å². The van der Waals surface area contributed by atoms with Crippen LogP contribution in [0.5, 0.6) is 0 Å². The van der Waals surface area contributed by atoms with E-state index in [1.807, 2.05) is 30.1 Å². The lowest BCUT2D eigenvalue weighted by Crippen LogP contribution is -2.35. The van der Waals surface area contributed by atoms with Crippen LogP contribution in [0, 0.1) is 6.92 Å². The summed E-state index contributed by atoms with van der Waals surface area (Å²) < 4.78 is 6.82. The van der Waals surface area contributed by atoms with Gasteiger partial charge in [0.15, 0.2) is 0 Å². The van der Waals surface area contributed by atoms with Crippen LogP contribution in [0.2, 0.25) is 0 Å². The molecule has 0 amide bonds. The smallest absolute Gasteiger partial charge is 0.350 e. The lowest BCUT2D eigenvalue weighted by molar-refractivity contribution is 0.0606. The van der Waals surface area contributed by atoms with Crippen LogP contribution in [0.1, 0.15) is 34.8 Å². The highest BCUT2D eigenvalue weighted by Gasteiger charge is 2.26. The number of imidazole rings is 1. The molecular weight excluding hydrogens is 274 g/mol. The number of methoxy groups -OCH3 is 1. The van der Waals surface area contributed by atoms with Gasteiger partial charge in [0.25, 0.3) is 0 Å². The predicted molar refractivity (Wildman–Crippen MR) is 79.6 cm³/mol. The second kappa shape index (κ2) is 5.38. The predicted octanol–water partition coefficient (Wildman–Crippen LogP) is 2.48. The number of hydrogen-bond acceptors (Lipinski definition) is 5. The number of thiophene rings is 1. The van der Waals surface area contributed by atoms with Crippen LogP contribution in [-0.4, -0.2) is 29.7 Å². The molecule has 0 spiro atoms. The van der Waals surface area contributed by atoms with Crippen molar-refractivity contribution < 1.29 is 9.53 Å². The zero-order valence-electron chi connectivity index (χ0n) is 12.4. The summed E-state index contributed by atoms with van der Waals surface area (Å²) in [6.45, 7) is 6.12. The molecule has 0 radical (unpaired) electrons. The first-order valence-corrected chi connectivity index (χ1v) is 7.19. The first-order chi connectivity index (χ1) is 9.42. The molecule has 2 aromatic rings. The quantitative estimate of drug-likeness (QED) is 0.880. The van der Waals surface area contributed by atoms with Crippen molar-refractivity contribution in [1.82, 2.24) is 14.9 Å². The third-order valence-electron chi connectivity index (χ3n) is 3.46. The molecule has 108 valence electrons. The highest BCUT2D eigenvalue weighted by molar-refractivity contribution is 7.12. The van der Waals surface area contributed by atoms with Gasteiger partial charge in [0, 0.05) is 0 Å². The number of aromatic nitrogens is 2. The molecule has 20 heavy (non-hydrogen) atoms. The third kappa shape index (κ3) is 2.36. The first kappa shape index (κ1) is 14.7. The number of ether oxygens (including phenoxy) is 1. The monoisotopic (exact) mass is 293 g/mol. The summed E-state index contributed by atoms with van der Waals surface area (Å²) >= 11 is 1.39. The van der Waals surface area contributed by atoms with E-state index in [-0.39, 0.29) is 11.5 Å². The minimum atomic E-state index is -0.319. The molecule has 0 aliphatic carbocycles. The lowest BCUT2D eigenvalue weighted by Gasteiger charge is -2.25. The topological polar surface area (TPSA) is 56.2 Å². The molecule has 0 saturated heterocycles. The van der Waals surface area contributed by atoms with Gasteiger partial charge in [-0.1, -0.05) is 0 Å². The van der Waals surface area contributed by atoms with Gasteiger partial charge in [0.05, 0.1) is 36.6 Å². The summed E-state index contributed by atoms with van der Waals surface area (Å²) in [6, 6.07) is 0. The number of rotatable bonds is 4. The fourth-order valence-corrected chi connectivity index (χ4v) is 3.00. The maximum atomic E-state index is 11.9. The number of nitrogens with zero attached hydrogens (tertiary/aromatic N) is 2. The molecule has 2 aromatic heterocycles. The van der Waals surface area contributed by atoms with Crippen molar-refractivity contribution in [3.63, 3.8) is 0 Å². The Balaban J connectivity index is 2.62. The Bertz CT molecular complexity index is 628. The van der Waals surface area contributed by atoms with Crippen LogP contribution < -0.4 is 5.32 Å². The second-order valence-corrected chi connectivity index (χ2v) is 5.99. The van der Waals surface area contributed by atoms with Gasteiger partial charge in [-0.15, -0.1) is 11.3 Å². The molecule has 0 aliphatic heterocycles. The zero-order chi connectivity index (χ0) is 14.9. The number of aryl methyl sites for hydroxylation is 1. The van der Waals surface area contributed by atoms with Crippen molar-refractivity contribution in [2.45, 2.75) is 26.3 Å². The summed E-state index contributed by atoms with van der Waals surface area (Å²) in [5.74, 6) is -0.319. The Morgan fingerprint density at radius 3 is 2.80 bits per heavy atom. The van der Waals surface area contributed by atoms with Crippen LogP contribution >= 0.6 is 11.3 Å². The summed E-state index contributed by atoms with van der Waals surface area (Å²) in [6.07, 6.45) is 3.55. The van der Waals surface area contributed by atoms with Crippen molar-refractivity contribution >= 4 is 17.3 Å². The summed E-state index contributed by atoms with van der Waals surface area (Å²) in [7, 11) is 3.30. The largest absolute Gasteiger partial charge is 0.465 e. The SMILES string of the molecule is CNC(C)(C)c1cncn1-c1c(C)csc1C(=O)OC. The fourth-order valence-electron chi connectivity index (χ4n) is 2.04. The molecule has 0 atom stereocenters. The van der Waals surface area contributed by atoms with Crippen LogP contribution in [0.4, 0.5) is 0 Å². The molecule has 6 heteroatoms. The van der Waals surface area contributed by atoms with Gasteiger partial charge in [-0.05, 0) is 38.8 Å². The van der Waals surface area contributed by atoms with Gasteiger partial charge in [0.2, 0.25) is 0 Å². The molecule has 0 saturated carbocycles. The molecule has 0 unspecified atom stereocenters. The molecule has 0 aromatic carbocycles. The highest BCUT2D eigenvalue weighted by Crippen LogP contribution is 2.30. The Kier molecular flexibility index (Phi) is 3.96. The van der Waals surface area contributed by atoms with Gasteiger partial charge >= 0.3 is 5.97 Å². The van der Waals surface area contributed by atoms with Gasteiger partial charge in [-0.2, -0.15) is 0 Å². The van der Waals surface area contributed by atoms with Crippen LogP contribution in [0.3, 0.4) is 0 Å². The minimum Gasteiger partial charge on any atom is -0.465 e. The second-order valence-electron chi connectivity index (χ2n) is 5.11. The van der Waals surface area contributed by atoms with Crippen molar-refractivity contribution in [3.05, 3.63) is 34.0 Å². The van der Waals surface area contributed by atoms with Gasteiger partial charge in [-0.3, -0.25) is 4.57 Å². The molecule has 0 fully saturated rings. The van der Waals surface area contributed by atoms with Gasteiger partial charge < -0.3 is 10.1 Å². The molecule has 0 bridgehead atoms. The number of nitrogens with one attached hydrogen (secondary N) is 1. The maximum absolute atomic E-state index is 11.9. The third-order valence-corrected chi connectivity index (χ3v) is 4.52. The molecule has 0 aliphatic rings. The van der Waals surface area contributed by atoms with Crippen molar-refractivity contribution in [2.24, 2.45) is 0 Å². The summed E-state index contributed by atoms with van der Waals surface area (Å²) in [5, 5.41) is 5.21. The Hall–Kier alpha value is -1.66. The maximum Gasteiger partial charge on any atom is 0.350 e. The van der Waals surface area contributed by atoms with Gasteiger partial charge in [-0.25, -0.2) is 9.78 Å². The van der Waals surface area contributed by atoms with Gasteiger partial charge in [0.1, 0.15) is 4.88 Å². The molecule has 2 rings (SSSR count). The van der Waals surface area contributed by atoms with E-state index in [2.05, 4.69) is 24.1 Å². The minimum absolute atomic E-state index is 0.252. The summed E-state index contributed by atoms with van der Waals surface area (Å²) in [5.41, 5.74) is 2.61. The average molecular weight is 293 g/mol. The fraction of sp³-hybridized carbons (Fsp3) is 0.429. The number of carbonyl (C=O) groups excluding carboxylic acids is 1. The number of carbonyl (C=O) groups is 1. The molecular formula is C14H19N3O2S. The molecule has 2 heterocycles. The number of esters is 1. The Morgan fingerprint density at radius 1 is 1.50 bits per heavy atom. The molecule has 5 nitrogen and oxygen atoms in total. The van der Waals surface area contributed by atoms with E-state index in [4.69, 9.17) is 4.74 Å². The van der Waals surface area contributed by atoms with E-state index in [1.54, 1.807) is 6.33 Å². The Labute approximate surface area is 122 Å². The average Bonchev–Trinajstić information content (AvgIpc) is 3.04. The lowest BCUT2D eigenvalue weighted by atomic mass is 10.0. The van der Waals surface area contributed by atoms with E-state index >= 15 is 0 Å². The standard InChI is InChI=1S/C14H19N3O2S/c1-9-7-20-12(13(18)19-5)11(9)17-8-16-6-10(17)14(2,3)15-4/h6-8,15H,1-5H3. The molecule has 1 N–H and O–H groups in total. The highest BCUT2D eigenvalue weighted by atomic mass is 32.1. The van der Waals surface area contributed by atoms with Crippen molar-refractivity contribution in [2.75, 3.05) is 14.2 Å². The van der Waals surface area contributed by atoms with Crippen LogP contribution in [0.15, 0.2) is 17.9 Å². The summed E-state index contributed by atoms with van der Waals surface area (Å²) in [4.78, 5) is 16.7. The van der Waals surface area contributed by atoms with E-state index in [9.17, 15) is 4.79 Å². The number of hydrogen-bond donors (Lipinski definition) is 1. The van der Waals surface area contributed by atoms with Crippen LogP contribution in [-0.2, 0) is 10.3 Å². The van der Waals surface area contributed by atoms with E-state index in [1.165, 1.54) is 18.4 Å². The van der Waals surface area contributed by atoms with E-state index < -0.39 is 0 Å². The Morgan fingerprint density at radius 2 is 2.20 bits per heavy atom. The van der Waals surface area contributed by atoms with E-state index in [0.717, 1.165) is 16.9 Å². The normalized spacial score (nSPS) is 11.7. The zero-order valence-corrected chi connectivity index (χ0v) is 13.2. The van der Waals surface area contributed by atoms with Crippen LogP contribution in [0.25, 0.3) is 5.69 Å². The van der Waals surface area contributed by atoms with E-state index in [0.29, 0.717) is 4.88 Å².